The molecule has 2 N–H and O–H groups in total. The van der Waals surface area contributed by atoms with Gasteiger partial charge >= 0.3 is 0 Å². The molecule has 0 aliphatic heterocycles. The molecule has 0 fully saturated rings. The highest BCUT2D eigenvalue weighted by atomic mass is 79.9. The average molecular weight is 318 g/mol. The predicted octanol–water partition coefficient (Wildman–Crippen LogP) is 3.46. The highest BCUT2D eigenvalue weighted by molar-refractivity contribution is 9.10. The summed E-state index contributed by atoms with van der Waals surface area (Å²) in [7, 11) is 0. The molecule has 3 rings (SSSR count). The zero-order chi connectivity index (χ0) is 13.4. The van der Waals surface area contributed by atoms with Crippen LogP contribution in [0, 0.1) is 0 Å². The van der Waals surface area contributed by atoms with Crippen LogP contribution in [0.4, 0.5) is 5.82 Å². The molecule has 0 saturated carbocycles. The van der Waals surface area contributed by atoms with Crippen LogP contribution in [-0.2, 0) is 12.8 Å². The highest BCUT2D eigenvalue weighted by Crippen LogP contribution is 2.39. The molecule has 1 unspecified atom stereocenters. The summed E-state index contributed by atoms with van der Waals surface area (Å²) in [6, 6.07) is 8.47. The number of nitrogens with two attached hydrogens (primary N) is 1. The Morgan fingerprint density at radius 3 is 2.84 bits per heavy atom. The molecule has 0 spiro atoms. The Morgan fingerprint density at radius 2 is 2.11 bits per heavy atom. The van der Waals surface area contributed by atoms with Crippen molar-refractivity contribution in [3.8, 4) is 0 Å². The molecule has 0 saturated heterocycles. The second-order valence-electron chi connectivity index (χ2n) is 4.93. The lowest BCUT2D eigenvalue weighted by molar-refractivity contribution is 0.651. The van der Waals surface area contributed by atoms with Crippen molar-refractivity contribution < 1.29 is 0 Å². The van der Waals surface area contributed by atoms with Crippen LogP contribution in [0.3, 0.4) is 0 Å². The number of hydrogen-bond acceptors (Lipinski definition) is 3. The van der Waals surface area contributed by atoms with Crippen LogP contribution in [-0.4, -0.2) is 9.97 Å². The van der Waals surface area contributed by atoms with E-state index in [4.69, 9.17) is 10.7 Å². The first-order valence-electron chi connectivity index (χ1n) is 6.60. The van der Waals surface area contributed by atoms with E-state index in [1.807, 2.05) is 0 Å². The van der Waals surface area contributed by atoms with Crippen molar-refractivity contribution in [2.45, 2.75) is 32.1 Å². The van der Waals surface area contributed by atoms with Crippen LogP contribution in [0.2, 0.25) is 0 Å². The summed E-state index contributed by atoms with van der Waals surface area (Å²) in [5.74, 6) is 1.72. The Bertz CT molecular complexity index is 625. The number of benzene rings is 1. The monoisotopic (exact) mass is 317 g/mol. The number of rotatable bonds is 3. The maximum absolute atomic E-state index is 5.99. The maximum Gasteiger partial charge on any atom is 0.141 e. The fourth-order valence-corrected chi connectivity index (χ4v) is 2.96. The van der Waals surface area contributed by atoms with Crippen molar-refractivity contribution in [1.82, 2.24) is 9.97 Å². The minimum absolute atomic E-state index is 0.308. The zero-order valence-corrected chi connectivity index (χ0v) is 12.4. The van der Waals surface area contributed by atoms with Gasteiger partial charge in [-0.2, -0.15) is 0 Å². The summed E-state index contributed by atoms with van der Waals surface area (Å²) in [5.41, 5.74) is 9.75. The third-order valence-electron chi connectivity index (χ3n) is 3.62. The minimum Gasteiger partial charge on any atom is -0.383 e. The third-order valence-corrected chi connectivity index (χ3v) is 4.48. The second kappa shape index (κ2) is 4.93. The van der Waals surface area contributed by atoms with Crippen molar-refractivity contribution in [3.63, 3.8) is 0 Å². The number of halogens is 1. The van der Waals surface area contributed by atoms with E-state index in [1.165, 1.54) is 11.1 Å². The predicted molar refractivity (Wildman–Crippen MR) is 80.1 cm³/mol. The van der Waals surface area contributed by atoms with Gasteiger partial charge < -0.3 is 5.73 Å². The SMILES string of the molecule is CCCc1nc(C2Cc3ccccc32)nc(N)c1Br. The van der Waals surface area contributed by atoms with Gasteiger partial charge in [-0.05, 0) is 39.9 Å². The molecule has 0 amide bonds. The van der Waals surface area contributed by atoms with Crippen molar-refractivity contribution in [2.24, 2.45) is 0 Å². The summed E-state index contributed by atoms with van der Waals surface area (Å²) >= 11 is 3.49. The van der Waals surface area contributed by atoms with Crippen LogP contribution in [0.5, 0.6) is 0 Å². The summed E-state index contributed by atoms with van der Waals surface area (Å²) < 4.78 is 0.853. The molecule has 98 valence electrons. The molecule has 4 heteroatoms. The fourth-order valence-electron chi connectivity index (χ4n) is 2.58. The van der Waals surface area contributed by atoms with E-state index >= 15 is 0 Å². The third kappa shape index (κ3) is 2.14. The quantitative estimate of drug-likeness (QED) is 0.943. The molecule has 2 aromatic rings. The molecule has 19 heavy (non-hydrogen) atoms. The van der Waals surface area contributed by atoms with Gasteiger partial charge in [-0.25, -0.2) is 9.97 Å². The first-order chi connectivity index (χ1) is 9.20. The smallest absolute Gasteiger partial charge is 0.141 e. The van der Waals surface area contributed by atoms with Gasteiger partial charge in [0.1, 0.15) is 11.6 Å². The van der Waals surface area contributed by atoms with Gasteiger partial charge in [0.2, 0.25) is 0 Å². The van der Waals surface area contributed by atoms with Crippen LogP contribution in [0.25, 0.3) is 0 Å². The van der Waals surface area contributed by atoms with Gasteiger partial charge in [-0.3, -0.25) is 0 Å². The Balaban J connectivity index is 1.99. The lowest BCUT2D eigenvalue weighted by atomic mass is 9.77. The molecule has 1 heterocycles. The average Bonchev–Trinajstić information content (AvgIpc) is 2.37. The molecular formula is C15H16BrN3. The molecular weight excluding hydrogens is 302 g/mol. The number of nitrogens with zero attached hydrogens (tertiary/aromatic N) is 2. The number of nitrogen functional groups attached to an aromatic ring is 1. The normalized spacial score (nSPS) is 16.8. The van der Waals surface area contributed by atoms with Crippen molar-refractivity contribution in [3.05, 3.63) is 51.4 Å². The van der Waals surface area contributed by atoms with Crippen molar-refractivity contribution >= 4 is 21.7 Å². The standard InChI is InChI=1S/C15H16BrN3/c1-2-5-12-13(16)14(17)19-15(18-12)11-8-9-6-3-4-7-10(9)11/h3-4,6-7,11H,2,5,8H2,1H3,(H2,17,18,19). The van der Waals surface area contributed by atoms with E-state index < -0.39 is 0 Å². The summed E-state index contributed by atoms with van der Waals surface area (Å²) in [6.07, 6.45) is 2.99. The Morgan fingerprint density at radius 1 is 1.32 bits per heavy atom. The van der Waals surface area contributed by atoms with Gasteiger partial charge in [0.25, 0.3) is 0 Å². The van der Waals surface area contributed by atoms with Gasteiger partial charge in [0, 0.05) is 5.92 Å². The second-order valence-corrected chi connectivity index (χ2v) is 5.73. The fraction of sp³-hybridized carbons (Fsp3) is 0.333. The van der Waals surface area contributed by atoms with E-state index in [0.717, 1.165) is 35.3 Å². The van der Waals surface area contributed by atoms with Crippen LogP contribution >= 0.6 is 15.9 Å². The van der Waals surface area contributed by atoms with Crippen molar-refractivity contribution in [1.29, 1.82) is 0 Å². The largest absolute Gasteiger partial charge is 0.383 e. The molecule has 0 radical (unpaired) electrons. The van der Waals surface area contributed by atoms with E-state index in [9.17, 15) is 0 Å². The van der Waals surface area contributed by atoms with Crippen LogP contribution in [0.15, 0.2) is 28.7 Å². The van der Waals surface area contributed by atoms with Crippen LogP contribution < -0.4 is 5.73 Å². The van der Waals surface area contributed by atoms with Gasteiger partial charge in [0.15, 0.2) is 0 Å². The number of anilines is 1. The Hall–Kier alpha value is -1.42. The Labute approximate surface area is 121 Å². The number of hydrogen-bond donors (Lipinski definition) is 1. The molecule has 1 atom stereocenters. The first kappa shape index (κ1) is 12.6. The van der Waals surface area contributed by atoms with E-state index in [1.54, 1.807) is 0 Å². The first-order valence-corrected chi connectivity index (χ1v) is 7.39. The molecule has 0 bridgehead atoms. The van der Waals surface area contributed by atoms with E-state index in [0.29, 0.717) is 11.7 Å². The van der Waals surface area contributed by atoms with Crippen LogP contribution in [0.1, 0.15) is 41.9 Å². The van der Waals surface area contributed by atoms with Gasteiger partial charge in [-0.1, -0.05) is 37.6 Å². The van der Waals surface area contributed by atoms with Gasteiger partial charge in [-0.15, -0.1) is 0 Å². The topological polar surface area (TPSA) is 51.8 Å². The maximum atomic E-state index is 5.99. The number of aromatic nitrogens is 2. The summed E-state index contributed by atoms with van der Waals surface area (Å²) in [6.45, 7) is 2.14. The summed E-state index contributed by atoms with van der Waals surface area (Å²) in [4.78, 5) is 9.16. The molecule has 1 aromatic heterocycles. The van der Waals surface area contributed by atoms with E-state index in [2.05, 4.69) is 52.1 Å². The Kier molecular flexibility index (Phi) is 3.27. The highest BCUT2D eigenvalue weighted by Gasteiger charge is 2.30. The minimum atomic E-state index is 0.308. The molecule has 1 aliphatic carbocycles. The zero-order valence-electron chi connectivity index (χ0n) is 10.9. The number of aryl methyl sites for hydroxylation is 1. The summed E-state index contributed by atoms with van der Waals surface area (Å²) in [5, 5.41) is 0. The van der Waals surface area contributed by atoms with Crippen molar-refractivity contribution in [2.75, 3.05) is 5.73 Å². The lowest BCUT2D eigenvalue weighted by Gasteiger charge is -2.29. The molecule has 1 aromatic carbocycles. The lowest BCUT2D eigenvalue weighted by Crippen LogP contribution is -2.21. The molecule has 3 nitrogen and oxygen atoms in total. The molecule has 1 aliphatic rings. The number of fused-ring (bicyclic) bond motifs is 1. The van der Waals surface area contributed by atoms with Gasteiger partial charge in [0.05, 0.1) is 10.2 Å². The van der Waals surface area contributed by atoms with E-state index in [-0.39, 0.29) is 0 Å².